The largest absolute Gasteiger partial charge is 0.493 e. The second-order valence-corrected chi connectivity index (χ2v) is 9.74. The van der Waals surface area contributed by atoms with Crippen LogP contribution >= 0.6 is 11.8 Å². The zero-order valence-corrected chi connectivity index (χ0v) is 21.9. The zero-order valence-electron chi connectivity index (χ0n) is 21.0. The quantitative estimate of drug-likeness (QED) is 0.358. The summed E-state index contributed by atoms with van der Waals surface area (Å²) in [6, 6.07) is 7.09. The molecule has 0 aromatic heterocycles. The molecule has 0 amide bonds. The summed E-state index contributed by atoms with van der Waals surface area (Å²) >= 11 is 1.35. The van der Waals surface area contributed by atoms with Crippen LogP contribution in [0.5, 0.6) is 17.2 Å². The van der Waals surface area contributed by atoms with Gasteiger partial charge in [0.05, 0.1) is 39.4 Å². The SMILES string of the molecule is COc1cc2c(c(OC)c1OC)-c1ccc(SC)c(=O)cc1C(CO[C@H]1O[C@H](CO)[C@@H](O)[C@H](O)[C@H]1O)C2. The van der Waals surface area contributed by atoms with Crippen molar-refractivity contribution in [2.75, 3.05) is 40.8 Å². The Kier molecular flexibility index (Phi) is 8.64. The van der Waals surface area contributed by atoms with Gasteiger partial charge in [-0.15, -0.1) is 11.8 Å². The molecule has 0 spiro atoms. The first-order valence-corrected chi connectivity index (χ1v) is 13.0. The van der Waals surface area contributed by atoms with Gasteiger partial charge >= 0.3 is 0 Å². The van der Waals surface area contributed by atoms with Gasteiger partial charge in [0.15, 0.2) is 23.2 Å². The minimum atomic E-state index is -1.55. The van der Waals surface area contributed by atoms with Gasteiger partial charge in [0.1, 0.15) is 24.4 Å². The molecule has 1 aliphatic heterocycles. The van der Waals surface area contributed by atoms with Crippen LogP contribution in [0.25, 0.3) is 11.1 Å². The average Bonchev–Trinajstić information content (AvgIpc) is 3.08. The molecule has 4 N–H and O–H groups in total. The number of benzene rings is 1. The van der Waals surface area contributed by atoms with Crippen LogP contribution in [0.2, 0.25) is 0 Å². The Morgan fingerprint density at radius 2 is 1.73 bits per heavy atom. The highest BCUT2D eigenvalue weighted by molar-refractivity contribution is 7.98. The lowest BCUT2D eigenvalue weighted by molar-refractivity contribution is -0.301. The molecule has 11 heteroatoms. The molecular formula is C26H32O10S. The van der Waals surface area contributed by atoms with E-state index in [0.717, 1.165) is 16.7 Å². The van der Waals surface area contributed by atoms with Crippen molar-refractivity contribution in [1.29, 1.82) is 0 Å². The van der Waals surface area contributed by atoms with Crippen LogP contribution in [0.15, 0.2) is 34.0 Å². The summed E-state index contributed by atoms with van der Waals surface area (Å²) in [6.45, 7) is -0.539. The molecule has 2 aliphatic rings. The molecule has 1 fully saturated rings. The third-order valence-corrected chi connectivity index (χ3v) is 7.64. The van der Waals surface area contributed by atoms with Gasteiger partial charge in [-0.1, -0.05) is 6.07 Å². The Morgan fingerprint density at radius 1 is 1.00 bits per heavy atom. The zero-order chi connectivity index (χ0) is 26.9. The number of hydrogen-bond acceptors (Lipinski definition) is 11. The standard InChI is InChI=1S/C26H32O10S/c1-32-17-8-12-7-13(11-35-26-23(31)22(30)21(29)18(10-27)36-26)15-9-16(28)19(37-4)6-5-14(15)20(12)25(34-3)24(17)33-2/h5-6,8-9,13,18,21-23,26-27,29-31H,7,10-11H2,1-4H3/t13?,18-,21-,22+,23-,26+/m1/s1. The highest BCUT2D eigenvalue weighted by Crippen LogP contribution is 2.51. The molecule has 2 aromatic carbocycles. The molecule has 1 aliphatic carbocycles. The van der Waals surface area contributed by atoms with E-state index >= 15 is 0 Å². The van der Waals surface area contributed by atoms with Crippen LogP contribution in [0.3, 0.4) is 0 Å². The van der Waals surface area contributed by atoms with Crippen molar-refractivity contribution in [1.82, 2.24) is 0 Å². The van der Waals surface area contributed by atoms with Gasteiger partial charge in [0.25, 0.3) is 0 Å². The molecule has 1 saturated heterocycles. The molecule has 0 saturated carbocycles. The van der Waals surface area contributed by atoms with E-state index < -0.39 is 37.3 Å². The summed E-state index contributed by atoms with van der Waals surface area (Å²) in [4.78, 5) is 13.6. The first-order chi connectivity index (χ1) is 17.8. The number of aliphatic hydroxyl groups excluding tert-OH is 4. The lowest BCUT2D eigenvalue weighted by Gasteiger charge is -2.40. The van der Waals surface area contributed by atoms with Gasteiger partial charge in [-0.05, 0) is 47.6 Å². The number of ether oxygens (including phenoxy) is 5. The number of aliphatic hydroxyl groups is 4. The number of methoxy groups -OCH3 is 3. The highest BCUT2D eigenvalue weighted by Gasteiger charge is 2.44. The number of fused-ring (bicyclic) bond motifs is 3. The summed E-state index contributed by atoms with van der Waals surface area (Å²) in [5.74, 6) is 1.07. The second-order valence-electron chi connectivity index (χ2n) is 8.89. The van der Waals surface area contributed by atoms with Crippen LogP contribution in [-0.2, 0) is 15.9 Å². The average molecular weight is 537 g/mol. The maximum Gasteiger partial charge on any atom is 0.203 e. The first-order valence-electron chi connectivity index (χ1n) is 11.8. The van der Waals surface area contributed by atoms with E-state index in [2.05, 4.69) is 0 Å². The molecule has 6 atom stereocenters. The van der Waals surface area contributed by atoms with Crippen molar-refractivity contribution >= 4 is 11.8 Å². The maximum absolute atomic E-state index is 13.0. The normalized spacial score (nSPS) is 26.7. The minimum Gasteiger partial charge on any atom is -0.493 e. The van der Waals surface area contributed by atoms with E-state index in [1.165, 1.54) is 26.0 Å². The van der Waals surface area contributed by atoms with Crippen LogP contribution < -0.4 is 19.6 Å². The Bertz CT molecular complexity index is 1190. The molecular weight excluding hydrogens is 504 g/mol. The molecule has 1 unspecified atom stereocenters. The third kappa shape index (κ3) is 5.05. The topological polar surface area (TPSA) is 144 Å². The van der Waals surface area contributed by atoms with Gasteiger partial charge in [-0.3, -0.25) is 4.79 Å². The lowest BCUT2D eigenvalue weighted by atomic mass is 9.79. The minimum absolute atomic E-state index is 0.0177. The van der Waals surface area contributed by atoms with E-state index in [-0.39, 0.29) is 18.0 Å². The van der Waals surface area contributed by atoms with Gasteiger partial charge in [0, 0.05) is 11.5 Å². The summed E-state index contributed by atoms with van der Waals surface area (Å²) in [7, 11) is 4.61. The summed E-state index contributed by atoms with van der Waals surface area (Å²) < 4.78 is 28.3. The monoisotopic (exact) mass is 536 g/mol. The van der Waals surface area contributed by atoms with Crippen molar-refractivity contribution in [3.05, 3.63) is 45.6 Å². The number of thioether (sulfide) groups is 1. The fourth-order valence-electron chi connectivity index (χ4n) is 4.96. The highest BCUT2D eigenvalue weighted by atomic mass is 32.2. The van der Waals surface area contributed by atoms with E-state index in [1.807, 2.05) is 18.4 Å². The summed E-state index contributed by atoms with van der Waals surface area (Å²) in [6.07, 6.45) is -4.66. The third-order valence-electron chi connectivity index (χ3n) is 6.86. The van der Waals surface area contributed by atoms with Crippen molar-refractivity contribution in [3.8, 4) is 28.4 Å². The molecule has 0 radical (unpaired) electrons. The molecule has 4 rings (SSSR count). The molecule has 0 bridgehead atoms. The van der Waals surface area contributed by atoms with Gasteiger partial charge < -0.3 is 44.1 Å². The predicted molar refractivity (Wildman–Crippen MR) is 136 cm³/mol. The van der Waals surface area contributed by atoms with Crippen molar-refractivity contribution < 1.29 is 44.1 Å². The summed E-state index contributed by atoms with van der Waals surface area (Å²) in [5.41, 5.74) is 3.00. The van der Waals surface area contributed by atoms with Gasteiger partial charge in [0.2, 0.25) is 5.75 Å². The Labute approximate surface area is 218 Å². The smallest absolute Gasteiger partial charge is 0.203 e. The molecule has 2 aromatic rings. The van der Waals surface area contributed by atoms with E-state index in [1.54, 1.807) is 19.2 Å². The fraction of sp³-hybridized carbons (Fsp3) is 0.500. The van der Waals surface area contributed by atoms with Crippen LogP contribution in [0.1, 0.15) is 17.0 Å². The predicted octanol–water partition coefficient (Wildman–Crippen LogP) is 0.918. The Balaban J connectivity index is 1.78. The van der Waals surface area contributed by atoms with Crippen LogP contribution in [-0.4, -0.2) is 91.9 Å². The molecule has 1 heterocycles. The van der Waals surface area contributed by atoms with Gasteiger partial charge in [-0.25, -0.2) is 0 Å². The van der Waals surface area contributed by atoms with Crippen molar-refractivity contribution in [2.24, 2.45) is 0 Å². The van der Waals surface area contributed by atoms with Crippen LogP contribution in [0, 0.1) is 0 Å². The van der Waals surface area contributed by atoms with E-state index in [4.69, 9.17) is 23.7 Å². The van der Waals surface area contributed by atoms with E-state index in [0.29, 0.717) is 34.1 Å². The molecule has 10 nitrogen and oxygen atoms in total. The number of hydrogen-bond donors (Lipinski definition) is 4. The van der Waals surface area contributed by atoms with Crippen molar-refractivity contribution in [3.63, 3.8) is 0 Å². The lowest BCUT2D eigenvalue weighted by Crippen LogP contribution is -2.59. The first kappa shape index (κ1) is 27.6. The Hall–Kier alpha value is -2.38. The number of rotatable bonds is 8. The summed E-state index contributed by atoms with van der Waals surface area (Å²) in [5, 5.41) is 40.1. The van der Waals surface area contributed by atoms with Crippen molar-refractivity contribution in [2.45, 2.75) is 47.9 Å². The molecule has 202 valence electrons. The van der Waals surface area contributed by atoms with Crippen LogP contribution in [0.4, 0.5) is 0 Å². The Morgan fingerprint density at radius 3 is 2.35 bits per heavy atom. The second kappa shape index (κ2) is 11.6. The fourth-order valence-corrected chi connectivity index (χ4v) is 5.43. The molecule has 37 heavy (non-hydrogen) atoms. The van der Waals surface area contributed by atoms with Gasteiger partial charge in [-0.2, -0.15) is 0 Å². The van der Waals surface area contributed by atoms with E-state index in [9.17, 15) is 25.2 Å². The maximum atomic E-state index is 13.0.